The molecule has 0 aliphatic carbocycles. The number of carbonyl (C=O) groups is 1. The van der Waals surface area contributed by atoms with E-state index in [9.17, 15) is 4.79 Å². The van der Waals surface area contributed by atoms with Crippen molar-refractivity contribution in [1.82, 2.24) is 4.90 Å². The van der Waals surface area contributed by atoms with Crippen LogP contribution in [-0.2, 0) is 0 Å². The third kappa shape index (κ3) is 2.84. The smallest absolute Gasteiger partial charge is 0.321 e. The standard InChI is InChI=1S/C11H13IN2O/c12-9-3-5-10(6-4-9)13-11(15)14-7-1-2-8-14/h3-6H,1-2,7-8H2,(H,13,15). The second kappa shape index (κ2) is 4.83. The van der Waals surface area contributed by atoms with Crippen molar-refractivity contribution in [3.8, 4) is 0 Å². The van der Waals surface area contributed by atoms with Crippen LogP contribution < -0.4 is 5.32 Å². The van der Waals surface area contributed by atoms with E-state index in [1.807, 2.05) is 29.2 Å². The van der Waals surface area contributed by atoms with E-state index in [0.29, 0.717) is 0 Å². The van der Waals surface area contributed by atoms with Crippen molar-refractivity contribution in [2.75, 3.05) is 18.4 Å². The highest BCUT2D eigenvalue weighted by atomic mass is 127. The molecule has 1 saturated heterocycles. The number of anilines is 1. The molecule has 0 unspecified atom stereocenters. The van der Waals surface area contributed by atoms with Crippen molar-refractivity contribution in [3.05, 3.63) is 27.8 Å². The van der Waals surface area contributed by atoms with E-state index in [1.165, 1.54) is 3.57 Å². The van der Waals surface area contributed by atoms with E-state index in [-0.39, 0.29) is 6.03 Å². The summed E-state index contributed by atoms with van der Waals surface area (Å²) in [5.74, 6) is 0. The summed E-state index contributed by atoms with van der Waals surface area (Å²) < 4.78 is 1.17. The van der Waals surface area contributed by atoms with E-state index in [1.54, 1.807) is 0 Å². The average Bonchev–Trinajstić information content (AvgIpc) is 2.74. The fourth-order valence-corrected chi connectivity index (χ4v) is 2.02. The first-order chi connectivity index (χ1) is 7.25. The molecule has 1 aliphatic heterocycles. The van der Waals surface area contributed by atoms with Gasteiger partial charge in [0, 0.05) is 22.3 Å². The van der Waals surface area contributed by atoms with Gasteiger partial charge in [0.2, 0.25) is 0 Å². The summed E-state index contributed by atoms with van der Waals surface area (Å²) >= 11 is 2.25. The summed E-state index contributed by atoms with van der Waals surface area (Å²) in [5.41, 5.74) is 0.868. The third-order valence-corrected chi connectivity index (χ3v) is 3.21. The van der Waals surface area contributed by atoms with E-state index < -0.39 is 0 Å². The molecule has 3 nitrogen and oxygen atoms in total. The van der Waals surface area contributed by atoms with E-state index in [2.05, 4.69) is 27.9 Å². The summed E-state index contributed by atoms with van der Waals surface area (Å²) in [5, 5.41) is 2.89. The van der Waals surface area contributed by atoms with Crippen LogP contribution in [0.3, 0.4) is 0 Å². The number of hydrogen-bond acceptors (Lipinski definition) is 1. The predicted octanol–water partition coefficient (Wildman–Crippen LogP) is 2.92. The van der Waals surface area contributed by atoms with Gasteiger partial charge >= 0.3 is 6.03 Å². The zero-order valence-electron chi connectivity index (χ0n) is 8.37. The van der Waals surface area contributed by atoms with Gasteiger partial charge in [-0.15, -0.1) is 0 Å². The molecule has 80 valence electrons. The number of benzene rings is 1. The van der Waals surface area contributed by atoms with Gasteiger partial charge in [-0.05, 0) is 59.7 Å². The first-order valence-electron chi connectivity index (χ1n) is 5.07. The Kier molecular flexibility index (Phi) is 3.45. The molecule has 2 amide bonds. The molecule has 0 saturated carbocycles. The minimum atomic E-state index is 0.0220. The van der Waals surface area contributed by atoms with Crippen molar-refractivity contribution in [3.63, 3.8) is 0 Å². The predicted molar refractivity (Wildman–Crippen MR) is 69.0 cm³/mol. The van der Waals surface area contributed by atoms with Crippen molar-refractivity contribution >= 4 is 34.3 Å². The topological polar surface area (TPSA) is 32.3 Å². The van der Waals surface area contributed by atoms with Gasteiger partial charge in [-0.1, -0.05) is 0 Å². The minimum absolute atomic E-state index is 0.0220. The average molecular weight is 316 g/mol. The molecule has 0 bridgehead atoms. The highest BCUT2D eigenvalue weighted by molar-refractivity contribution is 14.1. The molecule has 2 rings (SSSR count). The van der Waals surface area contributed by atoms with Gasteiger partial charge in [-0.3, -0.25) is 0 Å². The number of nitrogens with zero attached hydrogens (tertiary/aromatic N) is 1. The Balaban J connectivity index is 1.96. The SMILES string of the molecule is O=C(Nc1ccc(I)cc1)N1CCCC1. The first kappa shape index (κ1) is 10.7. The second-order valence-corrected chi connectivity index (χ2v) is 4.88. The molecule has 1 fully saturated rings. The van der Waals surface area contributed by atoms with Crippen LogP contribution in [0.5, 0.6) is 0 Å². The van der Waals surface area contributed by atoms with Crippen LogP contribution in [0, 0.1) is 3.57 Å². The van der Waals surface area contributed by atoms with Crippen LogP contribution in [-0.4, -0.2) is 24.0 Å². The Hall–Kier alpha value is -0.780. The molecule has 15 heavy (non-hydrogen) atoms. The maximum Gasteiger partial charge on any atom is 0.321 e. The Morgan fingerprint density at radius 1 is 1.20 bits per heavy atom. The number of urea groups is 1. The highest BCUT2D eigenvalue weighted by Gasteiger charge is 2.17. The molecule has 1 aromatic carbocycles. The minimum Gasteiger partial charge on any atom is -0.325 e. The highest BCUT2D eigenvalue weighted by Crippen LogP contribution is 2.13. The lowest BCUT2D eigenvalue weighted by molar-refractivity contribution is 0.222. The van der Waals surface area contributed by atoms with Gasteiger partial charge in [0.05, 0.1) is 0 Å². The molecule has 0 atom stereocenters. The lowest BCUT2D eigenvalue weighted by atomic mass is 10.3. The second-order valence-electron chi connectivity index (χ2n) is 3.63. The van der Waals surface area contributed by atoms with Gasteiger partial charge in [-0.25, -0.2) is 4.79 Å². The number of rotatable bonds is 1. The van der Waals surface area contributed by atoms with Crippen molar-refractivity contribution < 1.29 is 4.79 Å². The van der Waals surface area contributed by atoms with Crippen LogP contribution in [0.4, 0.5) is 10.5 Å². The molecule has 4 heteroatoms. The molecule has 1 aromatic rings. The summed E-state index contributed by atoms with van der Waals surface area (Å²) in [4.78, 5) is 13.6. The third-order valence-electron chi connectivity index (χ3n) is 2.49. The van der Waals surface area contributed by atoms with Crippen LogP contribution in [0.25, 0.3) is 0 Å². The van der Waals surface area contributed by atoms with E-state index >= 15 is 0 Å². The molecule has 0 aromatic heterocycles. The maximum absolute atomic E-state index is 11.7. The number of halogens is 1. The Morgan fingerprint density at radius 2 is 1.80 bits per heavy atom. The molecular formula is C11H13IN2O. The van der Waals surface area contributed by atoms with Crippen molar-refractivity contribution in [2.45, 2.75) is 12.8 Å². The largest absolute Gasteiger partial charge is 0.325 e. The summed E-state index contributed by atoms with van der Waals surface area (Å²) in [6.07, 6.45) is 2.25. The van der Waals surface area contributed by atoms with Gasteiger partial charge < -0.3 is 10.2 Å². The van der Waals surface area contributed by atoms with Gasteiger partial charge in [0.1, 0.15) is 0 Å². The number of amides is 2. The monoisotopic (exact) mass is 316 g/mol. The summed E-state index contributed by atoms with van der Waals surface area (Å²) in [6.45, 7) is 1.77. The van der Waals surface area contributed by atoms with E-state index in [0.717, 1.165) is 31.6 Å². The Morgan fingerprint density at radius 3 is 2.40 bits per heavy atom. The molecule has 1 aliphatic rings. The zero-order chi connectivity index (χ0) is 10.7. The molecule has 1 heterocycles. The summed E-state index contributed by atoms with van der Waals surface area (Å²) in [7, 11) is 0. The van der Waals surface area contributed by atoms with Gasteiger partial charge in [0.15, 0.2) is 0 Å². The van der Waals surface area contributed by atoms with Crippen LogP contribution in [0.2, 0.25) is 0 Å². The van der Waals surface area contributed by atoms with Crippen LogP contribution in [0.15, 0.2) is 24.3 Å². The van der Waals surface area contributed by atoms with E-state index in [4.69, 9.17) is 0 Å². The van der Waals surface area contributed by atoms with Crippen molar-refractivity contribution in [1.29, 1.82) is 0 Å². The van der Waals surface area contributed by atoms with Gasteiger partial charge in [-0.2, -0.15) is 0 Å². The Labute approximate surface area is 103 Å². The number of nitrogens with one attached hydrogen (secondary N) is 1. The fraction of sp³-hybridized carbons (Fsp3) is 0.364. The molecule has 1 N–H and O–H groups in total. The Bertz CT molecular complexity index is 344. The van der Waals surface area contributed by atoms with Crippen LogP contribution >= 0.6 is 22.6 Å². The molecule has 0 spiro atoms. The van der Waals surface area contributed by atoms with Gasteiger partial charge in [0.25, 0.3) is 0 Å². The van der Waals surface area contributed by atoms with Crippen molar-refractivity contribution in [2.24, 2.45) is 0 Å². The normalized spacial score (nSPS) is 15.4. The number of hydrogen-bond donors (Lipinski definition) is 1. The fourth-order valence-electron chi connectivity index (χ4n) is 1.66. The number of carbonyl (C=O) groups excluding carboxylic acids is 1. The zero-order valence-corrected chi connectivity index (χ0v) is 10.5. The molecule has 0 radical (unpaired) electrons. The lowest BCUT2D eigenvalue weighted by Crippen LogP contribution is -2.32. The first-order valence-corrected chi connectivity index (χ1v) is 6.15. The number of likely N-dealkylation sites (tertiary alicyclic amines) is 1. The lowest BCUT2D eigenvalue weighted by Gasteiger charge is -2.16. The van der Waals surface area contributed by atoms with Crippen LogP contribution in [0.1, 0.15) is 12.8 Å². The summed E-state index contributed by atoms with van der Waals surface area (Å²) in [6, 6.07) is 7.85. The maximum atomic E-state index is 11.7. The molecular weight excluding hydrogens is 303 g/mol. The quantitative estimate of drug-likeness (QED) is 0.794.